The number of anilines is 1. The molecule has 1 atom stereocenters. The Bertz CT molecular complexity index is 1510. The monoisotopic (exact) mass is 560 g/mol. The van der Waals surface area contributed by atoms with Crippen LogP contribution in [-0.2, 0) is 9.59 Å². The molecule has 12 nitrogen and oxygen atoms in total. The fraction of sp³-hybridized carbons (Fsp3) is 0.379. The third kappa shape index (κ3) is 6.71. The molecule has 214 valence electrons. The first-order valence-electron chi connectivity index (χ1n) is 13.7. The number of aromatic nitrogens is 1. The molecular formula is C29H32N6O6. The number of hydrogen-bond acceptors (Lipinski definition) is 7. The number of aromatic carboxylic acids is 1. The van der Waals surface area contributed by atoms with Gasteiger partial charge in [0.15, 0.2) is 0 Å². The van der Waals surface area contributed by atoms with Gasteiger partial charge in [0.25, 0.3) is 5.91 Å². The molecule has 3 amide bonds. The molecule has 12 heteroatoms. The number of fused-ring (bicyclic) bond motifs is 1. The van der Waals surface area contributed by atoms with Gasteiger partial charge in [0.05, 0.1) is 6.54 Å². The zero-order chi connectivity index (χ0) is 28.9. The molecule has 2 saturated heterocycles. The molecule has 2 aliphatic heterocycles. The molecule has 4 heterocycles. The smallest absolute Gasteiger partial charge is 0.354 e. The van der Waals surface area contributed by atoms with E-state index in [4.69, 9.17) is 4.42 Å². The number of furan rings is 1. The van der Waals surface area contributed by atoms with Gasteiger partial charge in [0.1, 0.15) is 23.1 Å². The van der Waals surface area contributed by atoms with E-state index >= 15 is 0 Å². The van der Waals surface area contributed by atoms with Crippen LogP contribution in [-0.4, -0.2) is 81.8 Å². The molecule has 3 N–H and O–H groups in total. The summed E-state index contributed by atoms with van der Waals surface area (Å²) in [5.74, 6) is -1.45. The number of aliphatic imine (C=N–C) groups is 1. The van der Waals surface area contributed by atoms with E-state index in [-0.39, 0.29) is 35.6 Å². The van der Waals surface area contributed by atoms with Crippen molar-refractivity contribution in [1.82, 2.24) is 20.1 Å². The summed E-state index contributed by atoms with van der Waals surface area (Å²) in [6.07, 6.45) is 5.09. The fourth-order valence-electron chi connectivity index (χ4n) is 5.10. The average molecular weight is 561 g/mol. The van der Waals surface area contributed by atoms with Gasteiger partial charge in [-0.1, -0.05) is 0 Å². The maximum atomic E-state index is 13.6. The lowest BCUT2D eigenvalue weighted by molar-refractivity contribution is -0.140. The molecular weight excluding hydrogens is 528 g/mol. The lowest BCUT2D eigenvalue weighted by atomic mass is 10.1. The second kappa shape index (κ2) is 12.2. The number of carbonyl (C=O) groups excluding carboxylic acids is 3. The third-order valence-corrected chi connectivity index (χ3v) is 7.20. The van der Waals surface area contributed by atoms with E-state index in [1.807, 2.05) is 19.1 Å². The number of rotatable bonds is 6. The predicted molar refractivity (Wildman–Crippen MR) is 151 cm³/mol. The van der Waals surface area contributed by atoms with Crippen LogP contribution in [0.2, 0.25) is 0 Å². The van der Waals surface area contributed by atoms with Crippen molar-refractivity contribution in [3.63, 3.8) is 0 Å². The van der Waals surface area contributed by atoms with Crippen LogP contribution in [0.5, 0.6) is 0 Å². The van der Waals surface area contributed by atoms with E-state index in [0.29, 0.717) is 37.3 Å². The van der Waals surface area contributed by atoms with Crippen molar-refractivity contribution in [3.05, 3.63) is 59.6 Å². The second-order valence-corrected chi connectivity index (χ2v) is 10.3. The standard InChI is InChI=1S/C29H32N6O6/c1-18-14-20-15-21(7-8-24(20)41-18)31-29(33-26(37)19-9-10-30-23(16-19)28(39)40)32-22-6-2-3-13-35(27(22)38)17-25(36)34-11-4-5-12-34/h7-10,14-16,22H,2-6,11-13,17H2,1H3,(H,39,40)(H2,31,32,33,37)/t22-/m0/s1. The topological polar surface area (TPSA) is 157 Å². The quantitative estimate of drug-likeness (QED) is 0.307. The van der Waals surface area contributed by atoms with Crippen LogP contribution in [0.1, 0.15) is 58.7 Å². The van der Waals surface area contributed by atoms with Gasteiger partial charge in [0.2, 0.25) is 17.8 Å². The highest BCUT2D eigenvalue weighted by atomic mass is 16.4. The van der Waals surface area contributed by atoms with Crippen molar-refractivity contribution >= 4 is 46.3 Å². The number of amides is 3. The molecule has 2 fully saturated rings. The average Bonchev–Trinajstić information content (AvgIpc) is 3.59. The van der Waals surface area contributed by atoms with Crippen molar-refractivity contribution in [3.8, 4) is 0 Å². The number of pyridine rings is 1. The molecule has 2 aromatic heterocycles. The maximum Gasteiger partial charge on any atom is 0.354 e. The largest absolute Gasteiger partial charge is 0.477 e. The minimum atomic E-state index is -1.26. The molecule has 5 rings (SSSR count). The summed E-state index contributed by atoms with van der Waals surface area (Å²) in [6, 6.07) is 8.99. The van der Waals surface area contributed by atoms with Crippen LogP contribution < -0.4 is 10.6 Å². The van der Waals surface area contributed by atoms with Crippen molar-refractivity contribution < 1.29 is 28.7 Å². The number of nitrogens with zero attached hydrogens (tertiary/aromatic N) is 4. The van der Waals surface area contributed by atoms with Gasteiger partial charge in [-0.15, -0.1) is 0 Å². The number of nitrogens with one attached hydrogen (secondary N) is 2. The van der Waals surface area contributed by atoms with Crippen LogP contribution >= 0.6 is 0 Å². The third-order valence-electron chi connectivity index (χ3n) is 7.20. The highest BCUT2D eigenvalue weighted by Gasteiger charge is 2.30. The van der Waals surface area contributed by atoms with Crippen molar-refractivity contribution in [2.45, 2.75) is 45.1 Å². The van der Waals surface area contributed by atoms with Gasteiger partial charge >= 0.3 is 5.97 Å². The number of guanidine groups is 1. The van der Waals surface area contributed by atoms with Crippen LogP contribution in [0.25, 0.3) is 11.0 Å². The number of carbonyl (C=O) groups is 4. The zero-order valence-electron chi connectivity index (χ0n) is 22.8. The number of hydrogen-bond donors (Lipinski definition) is 3. The Morgan fingerprint density at radius 3 is 2.63 bits per heavy atom. The first kappa shape index (κ1) is 27.8. The lowest BCUT2D eigenvalue weighted by Crippen LogP contribution is -2.45. The molecule has 0 bridgehead atoms. The van der Waals surface area contributed by atoms with Gasteiger partial charge in [0, 0.05) is 42.5 Å². The predicted octanol–water partition coefficient (Wildman–Crippen LogP) is 3.04. The first-order valence-corrected chi connectivity index (χ1v) is 13.7. The van der Waals surface area contributed by atoms with E-state index in [9.17, 15) is 24.3 Å². The summed E-state index contributed by atoms with van der Waals surface area (Å²) >= 11 is 0. The Hall–Kier alpha value is -4.74. The molecule has 3 aromatic rings. The van der Waals surface area contributed by atoms with Gasteiger partial charge < -0.3 is 24.6 Å². The van der Waals surface area contributed by atoms with E-state index < -0.39 is 17.9 Å². The van der Waals surface area contributed by atoms with Crippen LogP contribution in [0.3, 0.4) is 0 Å². The van der Waals surface area contributed by atoms with E-state index in [0.717, 1.165) is 42.9 Å². The second-order valence-electron chi connectivity index (χ2n) is 10.3. The van der Waals surface area contributed by atoms with Gasteiger partial charge in [-0.25, -0.2) is 14.8 Å². The van der Waals surface area contributed by atoms with Gasteiger partial charge in [-0.2, -0.15) is 0 Å². The van der Waals surface area contributed by atoms with E-state index in [2.05, 4.69) is 20.6 Å². The Balaban J connectivity index is 1.41. The molecule has 0 radical (unpaired) electrons. The molecule has 1 aromatic carbocycles. The van der Waals surface area contributed by atoms with Crippen molar-refractivity contribution in [2.24, 2.45) is 4.99 Å². The summed E-state index contributed by atoms with van der Waals surface area (Å²) in [6.45, 7) is 3.73. The molecule has 2 aliphatic rings. The Kier molecular flexibility index (Phi) is 8.27. The summed E-state index contributed by atoms with van der Waals surface area (Å²) < 4.78 is 5.65. The molecule has 41 heavy (non-hydrogen) atoms. The molecule has 0 aliphatic carbocycles. The highest BCUT2D eigenvalue weighted by molar-refractivity contribution is 6.11. The number of carboxylic acid groups (broad SMARTS) is 1. The molecule has 0 spiro atoms. The van der Waals surface area contributed by atoms with Crippen LogP contribution in [0, 0.1) is 6.92 Å². The highest BCUT2D eigenvalue weighted by Crippen LogP contribution is 2.23. The van der Waals surface area contributed by atoms with E-state index in [1.54, 1.807) is 21.9 Å². The van der Waals surface area contributed by atoms with Crippen LogP contribution in [0.15, 0.2) is 52.0 Å². The molecule has 0 unspecified atom stereocenters. The van der Waals surface area contributed by atoms with Crippen LogP contribution in [0.4, 0.5) is 5.69 Å². The summed E-state index contributed by atoms with van der Waals surface area (Å²) in [5, 5.41) is 15.9. The number of benzene rings is 1. The SMILES string of the molecule is Cc1cc2cc(NC(=N[C@H]3CCCCN(CC(=O)N4CCCC4)C3=O)NC(=O)c3ccnc(C(=O)O)c3)ccc2o1. The van der Waals surface area contributed by atoms with Gasteiger partial charge in [-0.3, -0.25) is 19.7 Å². The van der Waals surface area contributed by atoms with Crippen molar-refractivity contribution in [1.29, 1.82) is 0 Å². The Morgan fingerprint density at radius 1 is 1.07 bits per heavy atom. The Labute approximate surface area is 236 Å². The van der Waals surface area contributed by atoms with Gasteiger partial charge in [-0.05, 0) is 75.4 Å². The first-order chi connectivity index (χ1) is 19.8. The minimum Gasteiger partial charge on any atom is -0.477 e. The summed E-state index contributed by atoms with van der Waals surface area (Å²) in [4.78, 5) is 62.6. The van der Waals surface area contributed by atoms with E-state index in [1.165, 1.54) is 12.3 Å². The Morgan fingerprint density at radius 2 is 1.85 bits per heavy atom. The minimum absolute atomic E-state index is 0.00542. The summed E-state index contributed by atoms with van der Waals surface area (Å²) in [5.41, 5.74) is 1.09. The fourth-order valence-corrected chi connectivity index (χ4v) is 5.10. The maximum absolute atomic E-state index is 13.6. The summed E-state index contributed by atoms with van der Waals surface area (Å²) in [7, 11) is 0. The molecule has 0 saturated carbocycles. The number of likely N-dealkylation sites (tertiary alicyclic amines) is 2. The zero-order valence-corrected chi connectivity index (χ0v) is 22.8. The number of aryl methyl sites for hydroxylation is 1. The number of carboxylic acids is 1. The normalized spacial score (nSPS) is 17.9. The van der Waals surface area contributed by atoms with Crippen molar-refractivity contribution in [2.75, 3.05) is 31.5 Å². The lowest BCUT2D eigenvalue weighted by Gasteiger charge is -2.25.